The van der Waals surface area contributed by atoms with Crippen LogP contribution in [0.3, 0.4) is 0 Å². The highest BCUT2D eigenvalue weighted by molar-refractivity contribution is 7.13. The molecule has 2 rings (SSSR count). The molecule has 7 nitrogen and oxygen atoms in total. The fourth-order valence-corrected chi connectivity index (χ4v) is 2.72. The number of nitrogens with one attached hydrogen (secondary N) is 2. The molecule has 0 spiro atoms. The highest BCUT2D eigenvalue weighted by atomic mass is 32.1. The first kappa shape index (κ1) is 19.2. The lowest BCUT2D eigenvalue weighted by Crippen LogP contribution is -2.36. The van der Waals surface area contributed by atoms with E-state index in [4.69, 9.17) is 4.42 Å². The summed E-state index contributed by atoms with van der Waals surface area (Å²) in [6.07, 6.45) is 1.79. The minimum Gasteiger partial charge on any atom is -0.443 e. The lowest BCUT2D eigenvalue weighted by molar-refractivity contribution is 0.379. The van der Waals surface area contributed by atoms with Gasteiger partial charge in [-0.2, -0.15) is 0 Å². The molecule has 0 bridgehead atoms. The van der Waals surface area contributed by atoms with Crippen LogP contribution >= 0.6 is 11.3 Å². The number of aliphatic imine (C=N–C) groups is 1. The summed E-state index contributed by atoms with van der Waals surface area (Å²) in [7, 11) is 3.97. The molecule has 8 heteroatoms. The summed E-state index contributed by atoms with van der Waals surface area (Å²) in [6, 6.07) is 0. The quantitative estimate of drug-likeness (QED) is 0.606. The largest absolute Gasteiger partial charge is 0.443 e. The van der Waals surface area contributed by atoms with Crippen molar-refractivity contribution in [3.63, 3.8) is 0 Å². The summed E-state index contributed by atoms with van der Waals surface area (Å²) >= 11 is 1.62. The Hall–Kier alpha value is -2.09. The van der Waals surface area contributed by atoms with Crippen molar-refractivity contribution < 1.29 is 4.42 Å². The maximum atomic E-state index is 5.80. The van der Waals surface area contributed by atoms with E-state index in [1.54, 1.807) is 17.5 Å². The third-order valence-electron chi connectivity index (χ3n) is 3.37. The van der Waals surface area contributed by atoms with Gasteiger partial charge in [-0.15, -0.1) is 11.3 Å². The lowest BCUT2D eigenvalue weighted by atomic mass is 9.94. The average molecular weight is 365 g/mol. The zero-order chi connectivity index (χ0) is 18.4. The first-order chi connectivity index (χ1) is 11.8. The molecule has 0 atom stereocenters. The van der Waals surface area contributed by atoms with Gasteiger partial charge >= 0.3 is 0 Å². The molecular formula is C17H28N6OS. The van der Waals surface area contributed by atoms with Gasteiger partial charge in [0, 0.05) is 31.4 Å². The summed E-state index contributed by atoms with van der Waals surface area (Å²) < 4.78 is 5.80. The van der Waals surface area contributed by atoms with Crippen molar-refractivity contribution >= 4 is 22.4 Å². The molecule has 138 valence electrons. The Morgan fingerprint density at radius 3 is 2.64 bits per heavy atom. The Kier molecular flexibility index (Phi) is 6.41. The van der Waals surface area contributed by atoms with Crippen LogP contribution in [0.2, 0.25) is 0 Å². The van der Waals surface area contributed by atoms with Gasteiger partial charge in [-0.25, -0.2) is 15.0 Å². The molecular weight excluding hydrogens is 336 g/mol. The third-order valence-corrected chi connectivity index (χ3v) is 4.42. The Labute approximate surface area is 153 Å². The summed E-state index contributed by atoms with van der Waals surface area (Å²) in [5.41, 5.74) is 0.913. The minimum atomic E-state index is -0.0431. The molecule has 0 amide bonds. The van der Waals surface area contributed by atoms with Crippen molar-refractivity contribution in [1.29, 1.82) is 0 Å². The monoisotopic (exact) mass is 364 g/mol. The standard InChI is InChI=1S/C17H28N6OS/c1-7-18-15(20-8-12-11-25-16(22-12)23(5)6)21-10-14-19-9-13(24-14)17(2,3)4/h9,11H,7-8,10H2,1-6H3,(H2,18,20,21). The Balaban J connectivity index is 1.96. The van der Waals surface area contributed by atoms with Gasteiger partial charge in [0.05, 0.1) is 25.0 Å². The lowest BCUT2D eigenvalue weighted by Gasteiger charge is -2.13. The van der Waals surface area contributed by atoms with Crippen LogP contribution in [0.15, 0.2) is 21.0 Å². The van der Waals surface area contributed by atoms with Gasteiger partial charge in [0.1, 0.15) is 5.76 Å². The number of guanidine groups is 1. The van der Waals surface area contributed by atoms with Crippen LogP contribution in [0.5, 0.6) is 0 Å². The molecule has 0 aliphatic rings. The molecule has 0 saturated heterocycles. The number of aromatic nitrogens is 2. The van der Waals surface area contributed by atoms with E-state index in [-0.39, 0.29) is 5.41 Å². The summed E-state index contributed by atoms with van der Waals surface area (Å²) in [5.74, 6) is 2.25. The highest BCUT2D eigenvalue weighted by Gasteiger charge is 2.19. The first-order valence-corrected chi connectivity index (χ1v) is 9.26. The van der Waals surface area contributed by atoms with Crippen LogP contribution in [0, 0.1) is 0 Å². The Bertz CT molecular complexity index is 698. The number of hydrogen-bond donors (Lipinski definition) is 2. The average Bonchev–Trinajstić information content (AvgIpc) is 3.18. The van der Waals surface area contributed by atoms with Gasteiger partial charge < -0.3 is 20.0 Å². The summed E-state index contributed by atoms with van der Waals surface area (Å²) in [5, 5.41) is 9.49. The molecule has 0 aliphatic carbocycles. The van der Waals surface area contributed by atoms with E-state index in [0.29, 0.717) is 19.0 Å². The second kappa shape index (κ2) is 8.33. The van der Waals surface area contributed by atoms with Crippen molar-refractivity contribution in [1.82, 2.24) is 20.6 Å². The normalized spacial score (nSPS) is 12.3. The Morgan fingerprint density at radius 1 is 1.32 bits per heavy atom. The molecule has 0 fully saturated rings. The topological polar surface area (TPSA) is 78.6 Å². The maximum Gasteiger partial charge on any atom is 0.213 e. The number of hydrogen-bond acceptors (Lipinski definition) is 6. The molecule has 0 radical (unpaired) electrons. The SMILES string of the molecule is CCNC(=NCc1csc(N(C)C)n1)NCc1ncc(C(C)(C)C)o1. The smallest absolute Gasteiger partial charge is 0.213 e. The molecule has 25 heavy (non-hydrogen) atoms. The number of nitrogens with zero attached hydrogens (tertiary/aromatic N) is 4. The van der Waals surface area contributed by atoms with E-state index < -0.39 is 0 Å². The minimum absolute atomic E-state index is 0.0431. The van der Waals surface area contributed by atoms with Crippen molar-refractivity contribution in [2.24, 2.45) is 4.99 Å². The number of rotatable bonds is 6. The second-order valence-electron chi connectivity index (χ2n) is 6.93. The molecule has 0 unspecified atom stereocenters. The van der Waals surface area contributed by atoms with Gasteiger partial charge in [-0.1, -0.05) is 20.8 Å². The van der Waals surface area contributed by atoms with Crippen molar-refractivity contribution in [2.45, 2.75) is 46.2 Å². The van der Waals surface area contributed by atoms with E-state index in [0.717, 1.165) is 29.1 Å². The van der Waals surface area contributed by atoms with Crippen LogP contribution in [0.25, 0.3) is 0 Å². The predicted molar refractivity (Wildman–Crippen MR) is 103 cm³/mol. The fourth-order valence-electron chi connectivity index (χ4n) is 1.97. The highest BCUT2D eigenvalue weighted by Crippen LogP contribution is 2.22. The molecule has 0 saturated carbocycles. The van der Waals surface area contributed by atoms with E-state index >= 15 is 0 Å². The van der Waals surface area contributed by atoms with Gasteiger partial charge in [-0.3, -0.25) is 0 Å². The summed E-state index contributed by atoms with van der Waals surface area (Å²) in [6.45, 7) is 10.1. The van der Waals surface area contributed by atoms with Gasteiger partial charge in [0.2, 0.25) is 5.89 Å². The molecule has 2 aromatic rings. The van der Waals surface area contributed by atoms with Crippen LogP contribution < -0.4 is 15.5 Å². The molecule has 0 aliphatic heterocycles. The second-order valence-corrected chi connectivity index (χ2v) is 7.77. The molecule has 2 aromatic heterocycles. The fraction of sp³-hybridized carbons (Fsp3) is 0.588. The molecule has 0 aromatic carbocycles. The van der Waals surface area contributed by atoms with Gasteiger partial charge in [-0.05, 0) is 6.92 Å². The van der Waals surface area contributed by atoms with Crippen LogP contribution in [0.1, 0.15) is 45.0 Å². The zero-order valence-electron chi connectivity index (χ0n) is 15.9. The summed E-state index contributed by atoms with van der Waals surface area (Å²) in [4.78, 5) is 15.4. The van der Waals surface area contributed by atoms with E-state index in [1.165, 1.54) is 0 Å². The first-order valence-electron chi connectivity index (χ1n) is 8.38. The predicted octanol–water partition coefficient (Wildman–Crippen LogP) is 2.75. The van der Waals surface area contributed by atoms with Crippen molar-refractivity contribution in [3.05, 3.63) is 28.9 Å². The molecule has 2 N–H and O–H groups in total. The van der Waals surface area contributed by atoms with Crippen molar-refractivity contribution in [3.8, 4) is 0 Å². The van der Waals surface area contributed by atoms with E-state index in [2.05, 4.69) is 46.4 Å². The van der Waals surface area contributed by atoms with Gasteiger partial charge in [0.15, 0.2) is 11.1 Å². The zero-order valence-corrected chi connectivity index (χ0v) is 16.7. The van der Waals surface area contributed by atoms with E-state index in [9.17, 15) is 0 Å². The molecule has 2 heterocycles. The third kappa shape index (κ3) is 5.74. The van der Waals surface area contributed by atoms with Crippen LogP contribution in [-0.4, -0.2) is 36.6 Å². The maximum absolute atomic E-state index is 5.80. The number of oxazole rings is 1. The Morgan fingerprint density at radius 2 is 2.08 bits per heavy atom. The van der Waals surface area contributed by atoms with E-state index in [1.807, 2.05) is 31.3 Å². The van der Waals surface area contributed by atoms with Crippen LogP contribution in [-0.2, 0) is 18.5 Å². The van der Waals surface area contributed by atoms with Crippen molar-refractivity contribution in [2.75, 3.05) is 25.5 Å². The number of anilines is 1. The number of thiazole rings is 1. The van der Waals surface area contributed by atoms with Gasteiger partial charge in [0.25, 0.3) is 0 Å². The van der Waals surface area contributed by atoms with Crippen LogP contribution in [0.4, 0.5) is 5.13 Å².